The molecule has 8 heteroatoms. The van der Waals surface area contributed by atoms with E-state index in [1.165, 1.54) is 26.3 Å². The van der Waals surface area contributed by atoms with Crippen molar-refractivity contribution in [2.45, 2.75) is 23.2 Å². The molecule has 0 saturated heterocycles. The summed E-state index contributed by atoms with van der Waals surface area (Å²) in [6.07, 6.45) is 1.51. The summed E-state index contributed by atoms with van der Waals surface area (Å²) in [5.41, 5.74) is 0.858. The predicted molar refractivity (Wildman–Crippen MR) is 99.4 cm³/mol. The van der Waals surface area contributed by atoms with Gasteiger partial charge in [-0.05, 0) is 54.8 Å². The number of nitrogens with one attached hydrogen (secondary N) is 1. The molecule has 138 valence electrons. The lowest BCUT2D eigenvalue weighted by Crippen LogP contribution is -2.28. The Kier molecular flexibility index (Phi) is 5.07. The van der Waals surface area contributed by atoms with Crippen molar-refractivity contribution < 1.29 is 18.0 Å². The lowest BCUT2D eigenvalue weighted by atomic mass is 9.95. The minimum atomic E-state index is -3.71. The molecule has 0 bridgehead atoms. The van der Waals surface area contributed by atoms with E-state index in [-0.39, 0.29) is 10.8 Å². The van der Waals surface area contributed by atoms with Gasteiger partial charge in [0.05, 0.1) is 17.4 Å². The number of sulfonamides is 1. The molecule has 0 radical (unpaired) electrons. The maximum Gasteiger partial charge on any atom is 0.264 e. The maximum atomic E-state index is 12.7. The third-order valence-electron chi connectivity index (χ3n) is 4.57. The number of hydroxylamine groups is 1. The highest BCUT2D eigenvalue weighted by Crippen LogP contribution is 2.49. The van der Waals surface area contributed by atoms with Gasteiger partial charge in [-0.25, -0.2) is 8.42 Å². The van der Waals surface area contributed by atoms with E-state index < -0.39 is 15.4 Å². The highest BCUT2D eigenvalue weighted by atomic mass is 35.5. The van der Waals surface area contributed by atoms with Crippen LogP contribution in [0.5, 0.6) is 0 Å². The molecular formula is C18H19ClN2O4S. The molecule has 26 heavy (non-hydrogen) atoms. The topological polar surface area (TPSA) is 75.7 Å². The molecule has 0 heterocycles. The van der Waals surface area contributed by atoms with Crippen LogP contribution >= 0.6 is 11.6 Å². The van der Waals surface area contributed by atoms with Gasteiger partial charge in [-0.2, -0.15) is 0 Å². The molecule has 1 fully saturated rings. The molecule has 0 aromatic heterocycles. The van der Waals surface area contributed by atoms with Crippen LogP contribution < -0.4 is 5.32 Å². The van der Waals surface area contributed by atoms with E-state index in [0.29, 0.717) is 10.7 Å². The van der Waals surface area contributed by atoms with Gasteiger partial charge in [0.2, 0.25) is 5.91 Å². The van der Waals surface area contributed by atoms with Crippen molar-refractivity contribution in [1.82, 2.24) is 4.47 Å². The Morgan fingerprint density at radius 3 is 2.38 bits per heavy atom. The molecule has 3 rings (SSSR count). The first kappa shape index (κ1) is 18.8. The van der Waals surface area contributed by atoms with Crippen LogP contribution in [0.15, 0.2) is 53.4 Å². The number of benzene rings is 2. The van der Waals surface area contributed by atoms with Crippen LogP contribution in [0.1, 0.15) is 18.4 Å². The largest absolute Gasteiger partial charge is 0.325 e. The van der Waals surface area contributed by atoms with Crippen molar-refractivity contribution >= 4 is 33.2 Å². The van der Waals surface area contributed by atoms with Crippen LogP contribution in [0.3, 0.4) is 0 Å². The Morgan fingerprint density at radius 1 is 1.19 bits per heavy atom. The molecular weight excluding hydrogens is 376 g/mol. The van der Waals surface area contributed by atoms with Crippen molar-refractivity contribution in [1.29, 1.82) is 0 Å². The summed E-state index contributed by atoms with van der Waals surface area (Å²) in [5.74, 6) is -0.121. The molecule has 0 atom stereocenters. The molecule has 6 nitrogen and oxygen atoms in total. The highest BCUT2D eigenvalue weighted by molar-refractivity contribution is 7.89. The fraction of sp³-hybridized carbons (Fsp3) is 0.278. The summed E-state index contributed by atoms with van der Waals surface area (Å²) < 4.78 is 25.1. The third kappa shape index (κ3) is 3.48. The lowest BCUT2D eigenvalue weighted by molar-refractivity contribution is -0.118. The first-order valence-electron chi connectivity index (χ1n) is 8.00. The van der Waals surface area contributed by atoms with E-state index in [0.717, 1.165) is 22.9 Å². The number of amides is 1. The lowest BCUT2D eigenvalue weighted by Gasteiger charge is -2.17. The minimum absolute atomic E-state index is 0.0795. The second kappa shape index (κ2) is 7.00. The summed E-state index contributed by atoms with van der Waals surface area (Å²) in [4.78, 5) is 17.6. The van der Waals surface area contributed by atoms with Gasteiger partial charge in [0.25, 0.3) is 10.0 Å². The average molecular weight is 395 g/mol. The van der Waals surface area contributed by atoms with E-state index in [1.54, 1.807) is 18.2 Å². The molecule has 1 amide bonds. The molecule has 0 spiro atoms. The second-order valence-corrected chi connectivity index (χ2v) is 8.54. The molecule has 1 saturated carbocycles. The van der Waals surface area contributed by atoms with Crippen molar-refractivity contribution in [3.05, 3.63) is 59.1 Å². The molecule has 1 aliphatic carbocycles. The number of anilines is 1. The summed E-state index contributed by atoms with van der Waals surface area (Å²) in [6.45, 7) is 0. The van der Waals surface area contributed by atoms with Gasteiger partial charge in [-0.15, -0.1) is 0 Å². The van der Waals surface area contributed by atoms with Gasteiger partial charge < -0.3 is 5.32 Å². The minimum Gasteiger partial charge on any atom is -0.325 e. The molecule has 0 aliphatic heterocycles. The predicted octanol–water partition coefficient (Wildman–Crippen LogP) is 3.19. The van der Waals surface area contributed by atoms with E-state index in [1.807, 2.05) is 18.2 Å². The van der Waals surface area contributed by atoms with Crippen LogP contribution in [0.2, 0.25) is 5.02 Å². The maximum absolute atomic E-state index is 12.7. The smallest absolute Gasteiger partial charge is 0.264 e. The van der Waals surface area contributed by atoms with E-state index in [2.05, 4.69) is 5.32 Å². The zero-order valence-electron chi connectivity index (χ0n) is 14.4. The van der Waals surface area contributed by atoms with Gasteiger partial charge in [-0.3, -0.25) is 9.63 Å². The summed E-state index contributed by atoms with van der Waals surface area (Å²) >= 11 is 6.04. The molecule has 2 aromatic carbocycles. The van der Waals surface area contributed by atoms with Crippen molar-refractivity contribution in [3.63, 3.8) is 0 Å². The molecule has 1 aliphatic rings. The van der Waals surface area contributed by atoms with Gasteiger partial charge in [-0.1, -0.05) is 28.2 Å². The number of halogens is 1. The molecule has 2 aromatic rings. The van der Waals surface area contributed by atoms with Crippen molar-refractivity contribution in [2.24, 2.45) is 0 Å². The average Bonchev–Trinajstić information content (AvgIpc) is 3.43. The number of carbonyl (C=O) groups is 1. The zero-order valence-corrected chi connectivity index (χ0v) is 16.0. The SMILES string of the molecule is CON(C)S(=O)(=O)c1ccc(NC(=O)C2(c3cccc(Cl)c3)CC2)cc1. The fourth-order valence-corrected chi connectivity index (χ4v) is 3.93. The van der Waals surface area contributed by atoms with Crippen LogP contribution in [-0.4, -0.2) is 33.0 Å². The van der Waals surface area contributed by atoms with Crippen molar-refractivity contribution in [2.75, 3.05) is 19.5 Å². The number of hydrogen-bond acceptors (Lipinski definition) is 4. The number of carbonyl (C=O) groups excluding carboxylic acids is 1. The molecule has 0 unspecified atom stereocenters. The summed E-state index contributed by atoms with van der Waals surface area (Å²) in [7, 11) is -1.13. The zero-order chi connectivity index (χ0) is 18.9. The van der Waals surface area contributed by atoms with E-state index in [4.69, 9.17) is 16.4 Å². The Bertz CT molecular complexity index is 924. The van der Waals surface area contributed by atoms with Gasteiger partial charge in [0.15, 0.2) is 0 Å². The van der Waals surface area contributed by atoms with Gasteiger partial charge in [0, 0.05) is 17.8 Å². The first-order chi connectivity index (χ1) is 12.3. The first-order valence-corrected chi connectivity index (χ1v) is 9.82. The normalized spacial score (nSPS) is 15.7. The Labute approximate surface area is 157 Å². The van der Waals surface area contributed by atoms with E-state index in [9.17, 15) is 13.2 Å². The van der Waals surface area contributed by atoms with Crippen LogP contribution in [0, 0.1) is 0 Å². The number of nitrogens with zero attached hydrogens (tertiary/aromatic N) is 1. The third-order valence-corrected chi connectivity index (χ3v) is 6.50. The van der Waals surface area contributed by atoms with Crippen LogP contribution in [-0.2, 0) is 25.1 Å². The van der Waals surface area contributed by atoms with Crippen LogP contribution in [0.25, 0.3) is 0 Å². The summed E-state index contributed by atoms with van der Waals surface area (Å²) in [5, 5.41) is 3.46. The fourth-order valence-electron chi connectivity index (χ4n) is 2.77. The standard InChI is InChI=1S/C18H19ClN2O4S/c1-21(25-2)26(23,24)16-8-6-15(7-9-16)20-17(22)18(10-11-18)13-4-3-5-14(19)12-13/h3-9,12H,10-11H2,1-2H3,(H,20,22). The number of hydrogen-bond donors (Lipinski definition) is 1. The quantitative estimate of drug-likeness (QED) is 0.763. The Morgan fingerprint density at radius 2 is 1.85 bits per heavy atom. The highest BCUT2D eigenvalue weighted by Gasteiger charge is 2.51. The van der Waals surface area contributed by atoms with Gasteiger partial charge >= 0.3 is 0 Å². The van der Waals surface area contributed by atoms with Crippen LogP contribution in [0.4, 0.5) is 5.69 Å². The van der Waals surface area contributed by atoms with E-state index >= 15 is 0 Å². The Hall–Kier alpha value is -1.93. The summed E-state index contributed by atoms with van der Waals surface area (Å²) in [6, 6.07) is 13.3. The second-order valence-electron chi connectivity index (χ2n) is 6.17. The van der Waals surface area contributed by atoms with Crippen molar-refractivity contribution in [3.8, 4) is 0 Å². The molecule has 1 N–H and O–H groups in total. The Balaban J connectivity index is 1.77. The van der Waals surface area contributed by atoms with Gasteiger partial charge in [0.1, 0.15) is 0 Å². The monoisotopic (exact) mass is 394 g/mol. The number of rotatable bonds is 6.